The first-order chi connectivity index (χ1) is 31.7. The van der Waals surface area contributed by atoms with E-state index in [2.05, 4.69) is 5.32 Å². The van der Waals surface area contributed by atoms with Gasteiger partial charge in [0, 0.05) is 56.9 Å². The van der Waals surface area contributed by atoms with Crippen LogP contribution in [0.4, 0.5) is 4.79 Å². The van der Waals surface area contributed by atoms with Crippen molar-refractivity contribution in [3.63, 3.8) is 0 Å². The first kappa shape index (κ1) is 47.6. The monoisotopic (exact) mass is 927 g/mol. The predicted octanol–water partition coefficient (Wildman–Crippen LogP) is 3.15. The van der Waals surface area contributed by atoms with E-state index in [9.17, 15) is 39.3 Å². The number of likely N-dealkylation sites (N-methyl/N-ethyl adjacent to an activating group) is 1. The highest BCUT2D eigenvalue weighted by atomic mass is 16.6. The number of fused-ring (bicyclic) bond motifs is 5. The molecule has 4 N–H and O–H groups in total. The van der Waals surface area contributed by atoms with Crippen LogP contribution in [0.1, 0.15) is 80.0 Å². The van der Waals surface area contributed by atoms with Crippen LogP contribution in [0.2, 0.25) is 0 Å². The molecule has 11 atom stereocenters. The summed E-state index contributed by atoms with van der Waals surface area (Å²) in [6.07, 6.45) is -10.4. The number of aliphatic hydroxyl groups is 3. The highest BCUT2D eigenvalue weighted by Gasteiger charge is 2.78. The molecular weight excluding hydrogens is 871 g/mol. The zero-order valence-corrected chi connectivity index (χ0v) is 38.2. The third-order valence-electron chi connectivity index (χ3n) is 14.9. The molecule has 2 amide bonds. The number of benzene rings is 2. The van der Waals surface area contributed by atoms with Gasteiger partial charge in [-0.15, -0.1) is 0 Å². The smallest absolute Gasteiger partial charge is 0.410 e. The Hall–Kier alpha value is -5.92. The number of hydrogen-bond acceptors (Lipinski definition) is 16. The molecule has 18 nitrogen and oxygen atoms in total. The minimum Gasteiger partial charge on any atom is -0.467 e. The van der Waals surface area contributed by atoms with E-state index in [1.165, 1.54) is 49.3 Å². The van der Waals surface area contributed by atoms with Crippen LogP contribution in [-0.4, -0.2) is 148 Å². The average molecular weight is 928 g/mol. The van der Waals surface area contributed by atoms with Crippen LogP contribution >= 0.6 is 0 Å². The fourth-order valence-electron chi connectivity index (χ4n) is 10.9. The minimum atomic E-state index is -2.43. The largest absolute Gasteiger partial charge is 0.467 e. The summed E-state index contributed by atoms with van der Waals surface area (Å²) in [5.74, 6) is -6.09. The van der Waals surface area contributed by atoms with Crippen LogP contribution in [0.5, 0.6) is 0 Å². The zero-order chi connectivity index (χ0) is 48.2. The standard InChI is InChI=1S/C49H57N3O15/c1-27-32(64-44(59)37(55)36(31-18-13-23-62-31)50-42(57)29-14-9-7-10-15-29)25-49(61)41(66-43(58)30-16-11-8-12-17-30)39-47(5,33(54)24-34-48(39,26-63-34)67-28(2)53)40(56)38(35(27)46(49,3)4)65-45(60)52-21-19-51(6)20-22-52/h7-18,23,32-34,36-39,41,54-55,61H,19-22,24-26H2,1-6H3,(H,50,57)/t32-,33-,34+,36+,37+,38+,39?,41-,47+,48-,49+/m0/s1. The number of nitrogens with one attached hydrogen (secondary N) is 1. The lowest BCUT2D eigenvalue weighted by Crippen LogP contribution is -2.82. The Balaban J connectivity index is 1.28. The molecule has 3 aliphatic carbocycles. The Bertz CT molecular complexity index is 2420. The lowest BCUT2D eigenvalue weighted by Gasteiger charge is -2.67. The second-order valence-electron chi connectivity index (χ2n) is 19.0. The maximum absolute atomic E-state index is 16.0. The number of Topliss-reactive ketones (excluding diaryl/α,β-unsaturated/α-hetero) is 1. The number of amides is 2. The predicted molar refractivity (Wildman–Crippen MR) is 234 cm³/mol. The number of carbonyl (C=O) groups excluding carboxylic acids is 6. The summed E-state index contributed by atoms with van der Waals surface area (Å²) >= 11 is 0. The molecule has 4 fully saturated rings. The zero-order valence-electron chi connectivity index (χ0n) is 38.2. The maximum atomic E-state index is 16.0. The number of ether oxygens (including phenoxy) is 5. The number of esters is 3. The third-order valence-corrected chi connectivity index (χ3v) is 14.9. The third kappa shape index (κ3) is 8.11. The maximum Gasteiger partial charge on any atom is 0.410 e. The number of rotatable bonds is 10. The number of nitrogens with zero attached hydrogens (tertiary/aromatic N) is 2. The number of hydrogen-bond donors (Lipinski definition) is 4. The van der Waals surface area contributed by atoms with E-state index >= 15 is 4.79 Å². The van der Waals surface area contributed by atoms with Gasteiger partial charge >= 0.3 is 24.0 Å². The number of ketones is 1. The summed E-state index contributed by atoms with van der Waals surface area (Å²) in [5.41, 5.74) is -7.60. The molecule has 3 aromatic rings. The molecule has 2 bridgehead atoms. The number of furan rings is 1. The van der Waals surface area contributed by atoms with Crippen molar-refractivity contribution in [3.05, 3.63) is 107 Å². The van der Waals surface area contributed by atoms with E-state index in [0.29, 0.717) is 13.1 Å². The quantitative estimate of drug-likeness (QED) is 0.130. The summed E-state index contributed by atoms with van der Waals surface area (Å²) in [6.45, 7) is 8.46. The van der Waals surface area contributed by atoms with Crippen molar-refractivity contribution in [2.75, 3.05) is 39.8 Å². The molecule has 8 rings (SSSR count). The van der Waals surface area contributed by atoms with Gasteiger partial charge in [0.25, 0.3) is 5.91 Å². The fourth-order valence-corrected chi connectivity index (χ4v) is 10.9. The van der Waals surface area contributed by atoms with Crippen molar-refractivity contribution in [2.24, 2.45) is 16.7 Å². The summed E-state index contributed by atoms with van der Waals surface area (Å²) in [7, 11) is 1.90. The van der Waals surface area contributed by atoms with Crippen LogP contribution in [0.15, 0.2) is 94.6 Å². The van der Waals surface area contributed by atoms with Gasteiger partial charge in [-0.25, -0.2) is 14.4 Å². The van der Waals surface area contributed by atoms with Gasteiger partial charge in [0.05, 0.1) is 35.9 Å². The Morgan fingerprint density at radius 3 is 2.10 bits per heavy atom. The highest BCUT2D eigenvalue weighted by molar-refractivity contribution is 5.96. The normalized spacial score (nSPS) is 32.1. The molecule has 1 unspecified atom stereocenters. The molecule has 2 aliphatic heterocycles. The molecule has 358 valence electrons. The van der Waals surface area contributed by atoms with Gasteiger partial charge in [-0.3, -0.25) is 14.4 Å². The molecular formula is C49H57N3O15. The summed E-state index contributed by atoms with van der Waals surface area (Å²) < 4.78 is 36.5. The van der Waals surface area contributed by atoms with Crippen LogP contribution < -0.4 is 5.32 Å². The Morgan fingerprint density at radius 1 is 0.881 bits per heavy atom. The van der Waals surface area contributed by atoms with Crippen molar-refractivity contribution < 1.29 is 72.2 Å². The topological polar surface area (TPSA) is 241 Å². The van der Waals surface area contributed by atoms with Crippen molar-refractivity contribution >= 4 is 35.7 Å². The Labute approximate surface area is 387 Å². The number of carbonyl (C=O) groups is 6. The SMILES string of the molecule is CC(=O)O[C@@]12CO[C@@H]1C[C@H](O)[C@@]1(C)C(=O)[C@H](OC(=O)N3CCN(C)CC3)C3=C(C)[C@@H](OC(=O)[C@H](O)[C@H](NC(=O)c4ccccc4)c4ccco4)C[C@@](O)([C@@H](OC(=O)c4ccccc4)C12)C3(C)C. The first-order valence-corrected chi connectivity index (χ1v) is 22.4. The van der Waals surface area contributed by atoms with Gasteiger partial charge in [-0.05, 0) is 68.4 Å². The molecule has 5 aliphatic rings. The van der Waals surface area contributed by atoms with Gasteiger partial charge < -0.3 is 58.5 Å². The molecule has 0 spiro atoms. The van der Waals surface area contributed by atoms with E-state index < -0.39 is 113 Å². The number of piperazine rings is 1. The lowest BCUT2D eigenvalue weighted by molar-refractivity contribution is -0.345. The Morgan fingerprint density at radius 2 is 1.52 bits per heavy atom. The van der Waals surface area contributed by atoms with E-state index in [4.69, 9.17) is 28.1 Å². The Kier molecular flexibility index (Phi) is 12.7. The van der Waals surface area contributed by atoms with E-state index in [1.54, 1.807) is 62.4 Å². The molecule has 0 radical (unpaired) electrons. The van der Waals surface area contributed by atoms with E-state index in [1.807, 2.05) is 11.9 Å². The second kappa shape index (κ2) is 18.0. The molecule has 67 heavy (non-hydrogen) atoms. The van der Waals surface area contributed by atoms with Gasteiger partial charge in [0.2, 0.25) is 0 Å². The van der Waals surface area contributed by atoms with Gasteiger partial charge in [-0.2, -0.15) is 0 Å². The van der Waals surface area contributed by atoms with Gasteiger partial charge in [0.15, 0.2) is 23.6 Å². The summed E-state index contributed by atoms with van der Waals surface area (Å²) in [5, 5.41) is 40.6. The highest BCUT2D eigenvalue weighted by Crippen LogP contribution is 2.64. The summed E-state index contributed by atoms with van der Waals surface area (Å²) in [4.78, 5) is 89.2. The summed E-state index contributed by atoms with van der Waals surface area (Å²) in [6, 6.07) is 17.4. The minimum absolute atomic E-state index is 0.00919. The van der Waals surface area contributed by atoms with Gasteiger partial charge in [0.1, 0.15) is 35.7 Å². The second-order valence-corrected chi connectivity index (χ2v) is 19.0. The molecule has 2 aromatic carbocycles. The van der Waals surface area contributed by atoms with E-state index in [-0.39, 0.29) is 54.2 Å². The van der Waals surface area contributed by atoms with Gasteiger partial charge in [-0.1, -0.05) is 50.2 Å². The van der Waals surface area contributed by atoms with Crippen molar-refractivity contribution in [1.29, 1.82) is 0 Å². The molecule has 2 saturated carbocycles. The average Bonchev–Trinajstić information content (AvgIpc) is 3.84. The fraction of sp³-hybridized carbons (Fsp3) is 0.510. The molecule has 18 heteroatoms. The van der Waals surface area contributed by atoms with Crippen LogP contribution in [0, 0.1) is 16.7 Å². The van der Waals surface area contributed by atoms with Crippen LogP contribution in [0.25, 0.3) is 0 Å². The molecule has 3 heterocycles. The lowest BCUT2D eigenvalue weighted by atomic mass is 9.44. The molecule has 1 aromatic heterocycles. The molecule has 2 saturated heterocycles. The van der Waals surface area contributed by atoms with Crippen molar-refractivity contribution in [3.8, 4) is 0 Å². The van der Waals surface area contributed by atoms with Crippen molar-refractivity contribution in [2.45, 2.75) is 101 Å². The van der Waals surface area contributed by atoms with E-state index in [0.717, 1.165) is 6.92 Å². The van der Waals surface area contributed by atoms with Crippen LogP contribution in [0.3, 0.4) is 0 Å². The number of aliphatic hydroxyl groups excluding tert-OH is 2. The van der Waals surface area contributed by atoms with Crippen LogP contribution in [-0.2, 0) is 38.1 Å². The first-order valence-electron chi connectivity index (χ1n) is 22.4. The van der Waals surface area contributed by atoms with Crippen molar-refractivity contribution in [1.82, 2.24) is 15.1 Å².